The first-order chi connectivity index (χ1) is 14.1. The molecule has 2 aliphatic rings. The molecule has 29 heavy (non-hydrogen) atoms. The Kier molecular flexibility index (Phi) is 5.46. The summed E-state index contributed by atoms with van der Waals surface area (Å²) in [7, 11) is 0. The highest BCUT2D eigenvalue weighted by Gasteiger charge is 2.36. The van der Waals surface area contributed by atoms with Crippen LogP contribution in [-0.2, 0) is 12.2 Å². The number of amides is 2. The molecule has 2 aromatic rings. The zero-order chi connectivity index (χ0) is 20.5. The van der Waals surface area contributed by atoms with Gasteiger partial charge in [0.15, 0.2) is 6.19 Å². The molecule has 1 aromatic heterocycles. The van der Waals surface area contributed by atoms with Crippen molar-refractivity contribution in [2.75, 3.05) is 25.9 Å². The van der Waals surface area contributed by atoms with E-state index < -0.39 is 0 Å². The third-order valence-corrected chi connectivity index (χ3v) is 6.59. The maximum absolute atomic E-state index is 12.6. The standard InChI is InChI=1S/C22H27N5OS/c1-4-26(5-2)22(28)24-14-9-16-15-7-6-8-18-21(15)17(19(25-18)12-29-3)10-20(16)27(11-14)13-23/h6-9,14,20,25H,4-5,10-12H2,1-3H3,(H,24,28)/t14-,20+/m0/s1. The van der Waals surface area contributed by atoms with Crippen LogP contribution in [-0.4, -0.2) is 58.8 Å². The molecule has 2 amide bonds. The van der Waals surface area contributed by atoms with Gasteiger partial charge in [0.1, 0.15) is 0 Å². The number of urea groups is 1. The number of nitrogens with one attached hydrogen (secondary N) is 2. The number of thioether (sulfide) groups is 1. The molecular formula is C22H27N5OS. The van der Waals surface area contributed by atoms with Gasteiger partial charge in [0.25, 0.3) is 0 Å². The van der Waals surface area contributed by atoms with Crippen LogP contribution in [0.3, 0.4) is 0 Å². The minimum absolute atomic E-state index is 0.0242. The van der Waals surface area contributed by atoms with E-state index in [9.17, 15) is 10.1 Å². The predicted molar refractivity (Wildman–Crippen MR) is 119 cm³/mol. The number of hydrogen-bond acceptors (Lipinski definition) is 4. The lowest BCUT2D eigenvalue weighted by Gasteiger charge is -2.39. The Morgan fingerprint density at radius 1 is 1.41 bits per heavy atom. The highest BCUT2D eigenvalue weighted by atomic mass is 32.2. The fourth-order valence-electron chi connectivity index (χ4n) is 4.63. The Morgan fingerprint density at radius 3 is 2.90 bits per heavy atom. The predicted octanol–water partition coefficient (Wildman–Crippen LogP) is 3.56. The summed E-state index contributed by atoms with van der Waals surface area (Å²) in [6, 6.07) is 6.10. The smallest absolute Gasteiger partial charge is 0.317 e. The molecule has 0 bridgehead atoms. The molecule has 152 valence electrons. The summed E-state index contributed by atoms with van der Waals surface area (Å²) in [5.74, 6) is 0.935. The van der Waals surface area contributed by atoms with Crippen LogP contribution in [0.4, 0.5) is 4.79 Å². The van der Waals surface area contributed by atoms with E-state index in [1.165, 1.54) is 22.2 Å². The topological polar surface area (TPSA) is 75.2 Å². The molecule has 2 atom stereocenters. The summed E-state index contributed by atoms with van der Waals surface area (Å²) in [6.45, 7) is 5.79. The number of fused-ring (bicyclic) bond motifs is 2. The lowest BCUT2D eigenvalue weighted by atomic mass is 9.80. The highest BCUT2D eigenvalue weighted by molar-refractivity contribution is 7.97. The molecule has 1 aliphatic carbocycles. The average Bonchev–Trinajstić information content (AvgIpc) is 3.07. The highest BCUT2D eigenvalue weighted by Crippen LogP contribution is 2.42. The second kappa shape index (κ2) is 8.03. The minimum Gasteiger partial charge on any atom is -0.357 e. The first-order valence-electron chi connectivity index (χ1n) is 10.2. The van der Waals surface area contributed by atoms with Crippen LogP contribution in [0.15, 0.2) is 24.3 Å². The van der Waals surface area contributed by atoms with Gasteiger partial charge in [-0.25, -0.2) is 4.79 Å². The van der Waals surface area contributed by atoms with Crippen molar-refractivity contribution in [3.05, 3.63) is 41.1 Å². The maximum Gasteiger partial charge on any atom is 0.317 e. The van der Waals surface area contributed by atoms with Crippen LogP contribution in [0.1, 0.15) is 30.7 Å². The van der Waals surface area contributed by atoms with E-state index in [0.29, 0.717) is 19.6 Å². The van der Waals surface area contributed by atoms with Gasteiger partial charge in [0.2, 0.25) is 0 Å². The van der Waals surface area contributed by atoms with Crippen molar-refractivity contribution in [2.24, 2.45) is 0 Å². The second-order valence-corrected chi connectivity index (χ2v) is 8.43. The van der Waals surface area contributed by atoms with E-state index in [1.807, 2.05) is 18.7 Å². The van der Waals surface area contributed by atoms with E-state index in [0.717, 1.165) is 23.3 Å². The number of aromatic amines is 1. The zero-order valence-electron chi connectivity index (χ0n) is 17.2. The number of aromatic nitrogens is 1. The van der Waals surface area contributed by atoms with Crippen molar-refractivity contribution in [1.29, 1.82) is 5.26 Å². The Morgan fingerprint density at radius 2 is 2.21 bits per heavy atom. The van der Waals surface area contributed by atoms with Crippen molar-refractivity contribution in [1.82, 2.24) is 20.1 Å². The van der Waals surface area contributed by atoms with Crippen molar-refractivity contribution in [3.63, 3.8) is 0 Å². The third-order valence-electron chi connectivity index (χ3n) is 6.01. The Labute approximate surface area is 175 Å². The zero-order valence-corrected chi connectivity index (χ0v) is 18.0. The van der Waals surface area contributed by atoms with Crippen molar-refractivity contribution < 1.29 is 4.79 Å². The molecular weight excluding hydrogens is 382 g/mol. The van der Waals surface area contributed by atoms with Gasteiger partial charge in [-0.15, -0.1) is 0 Å². The van der Waals surface area contributed by atoms with Gasteiger partial charge >= 0.3 is 6.03 Å². The Balaban J connectivity index is 1.75. The van der Waals surface area contributed by atoms with Crippen LogP contribution in [0.2, 0.25) is 0 Å². The molecule has 0 fully saturated rings. The number of H-pyrrole nitrogens is 1. The summed E-state index contributed by atoms with van der Waals surface area (Å²) < 4.78 is 0. The number of carbonyl (C=O) groups is 1. The molecule has 0 radical (unpaired) electrons. The molecule has 2 N–H and O–H groups in total. The molecule has 6 nitrogen and oxygen atoms in total. The molecule has 2 heterocycles. The summed E-state index contributed by atoms with van der Waals surface area (Å²) in [5.41, 5.74) is 6.07. The maximum atomic E-state index is 12.6. The van der Waals surface area contributed by atoms with Gasteiger partial charge in [0, 0.05) is 41.9 Å². The van der Waals surface area contributed by atoms with Gasteiger partial charge in [0.05, 0.1) is 18.6 Å². The molecule has 7 heteroatoms. The third kappa shape index (κ3) is 3.36. The average molecular weight is 410 g/mol. The molecule has 1 aromatic carbocycles. The number of benzene rings is 1. The number of rotatable bonds is 5. The van der Waals surface area contributed by atoms with Gasteiger partial charge in [-0.2, -0.15) is 17.0 Å². The van der Waals surface area contributed by atoms with E-state index in [-0.39, 0.29) is 18.1 Å². The van der Waals surface area contributed by atoms with E-state index in [4.69, 9.17) is 0 Å². The van der Waals surface area contributed by atoms with Crippen LogP contribution in [0.5, 0.6) is 0 Å². The lowest BCUT2D eigenvalue weighted by Crippen LogP contribution is -2.52. The molecule has 0 saturated carbocycles. The normalized spacial score (nSPS) is 20.1. The van der Waals surface area contributed by atoms with E-state index >= 15 is 0 Å². The first kappa shape index (κ1) is 19.7. The van der Waals surface area contributed by atoms with Crippen LogP contribution in [0, 0.1) is 11.5 Å². The summed E-state index contributed by atoms with van der Waals surface area (Å²) >= 11 is 1.80. The monoisotopic (exact) mass is 409 g/mol. The van der Waals surface area contributed by atoms with Gasteiger partial charge in [-0.05, 0) is 42.9 Å². The summed E-state index contributed by atoms with van der Waals surface area (Å²) in [5, 5.41) is 14.2. The van der Waals surface area contributed by atoms with E-state index in [2.05, 4.69) is 47.0 Å². The number of carbonyl (C=O) groups excluding carboxylic acids is 1. The molecule has 0 spiro atoms. The quantitative estimate of drug-likeness (QED) is 0.741. The Hall–Kier alpha value is -2.59. The first-order valence-corrected chi connectivity index (χ1v) is 11.6. The molecule has 0 unspecified atom stereocenters. The molecule has 0 saturated heterocycles. The fraction of sp³-hybridized carbons (Fsp3) is 0.455. The van der Waals surface area contributed by atoms with Crippen molar-refractivity contribution in [3.8, 4) is 6.19 Å². The van der Waals surface area contributed by atoms with Gasteiger partial charge in [-0.1, -0.05) is 18.2 Å². The van der Waals surface area contributed by atoms with Crippen LogP contribution in [0.25, 0.3) is 16.5 Å². The fourth-order valence-corrected chi connectivity index (χ4v) is 5.17. The van der Waals surface area contributed by atoms with Crippen molar-refractivity contribution in [2.45, 2.75) is 38.1 Å². The molecule has 1 aliphatic heterocycles. The number of nitriles is 1. The summed E-state index contributed by atoms with van der Waals surface area (Å²) in [4.78, 5) is 19.8. The summed E-state index contributed by atoms with van der Waals surface area (Å²) in [6.07, 6.45) is 7.48. The SMILES string of the molecule is CCN(CC)C(=O)N[C@H]1C=C2c3cccc4[nH]c(CSC)c(c34)C[C@H]2N(C#N)C1. The van der Waals surface area contributed by atoms with Gasteiger partial charge < -0.3 is 20.1 Å². The number of nitrogens with zero attached hydrogens (tertiary/aromatic N) is 3. The lowest BCUT2D eigenvalue weighted by molar-refractivity contribution is 0.196. The van der Waals surface area contributed by atoms with Crippen molar-refractivity contribution >= 4 is 34.3 Å². The van der Waals surface area contributed by atoms with Crippen LogP contribution >= 0.6 is 11.8 Å². The largest absolute Gasteiger partial charge is 0.357 e. The van der Waals surface area contributed by atoms with Gasteiger partial charge in [-0.3, -0.25) is 0 Å². The number of hydrogen-bond donors (Lipinski definition) is 2. The van der Waals surface area contributed by atoms with Crippen LogP contribution < -0.4 is 5.32 Å². The Bertz CT molecular complexity index is 1000. The second-order valence-electron chi connectivity index (χ2n) is 7.57. The minimum atomic E-state index is -0.185. The van der Waals surface area contributed by atoms with E-state index in [1.54, 1.807) is 16.7 Å². The molecule has 4 rings (SSSR count).